The number of aromatic nitrogens is 1. The molecule has 21 heavy (non-hydrogen) atoms. The summed E-state index contributed by atoms with van der Waals surface area (Å²) < 4.78 is 13.0. The number of hydrogen-bond acceptors (Lipinski definition) is 3. The molecule has 0 amide bonds. The summed E-state index contributed by atoms with van der Waals surface area (Å²) in [6.07, 6.45) is 4.79. The van der Waals surface area contributed by atoms with Gasteiger partial charge in [0.15, 0.2) is 0 Å². The molecule has 0 spiro atoms. The smallest absolute Gasteiger partial charge is 0.122 e. The Morgan fingerprint density at radius 1 is 1.29 bits per heavy atom. The predicted octanol–water partition coefficient (Wildman–Crippen LogP) is 2.76. The normalized spacial score (nSPS) is 14.9. The predicted molar refractivity (Wildman–Crippen MR) is 84.2 cm³/mol. The number of ether oxygens (including phenoxy) is 2. The van der Waals surface area contributed by atoms with Gasteiger partial charge in [0.25, 0.3) is 0 Å². The summed E-state index contributed by atoms with van der Waals surface area (Å²) >= 11 is 0. The van der Waals surface area contributed by atoms with Crippen LogP contribution in [0.2, 0.25) is 0 Å². The molecule has 3 rings (SSSR count). The molecule has 0 bridgehead atoms. The Bertz CT molecular complexity index is 575. The summed E-state index contributed by atoms with van der Waals surface area (Å²) in [7, 11) is 1.72. The number of benzene rings is 1. The van der Waals surface area contributed by atoms with E-state index in [9.17, 15) is 0 Å². The minimum atomic E-state index is 0.658. The van der Waals surface area contributed by atoms with Crippen molar-refractivity contribution in [3.63, 3.8) is 0 Å². The van der Waals surface area contributed by atoms with Crippen LogP contribution < -0.4 is 5.32 Å². The quantitative estimate of drug-likeness (QED) is 0.721. The molecule has 0 atom stereocenters. The van der Waals surface area contributed by atoms with Crippen LogP contribution >= 0.6 is 0 Å². The van der Waals surface area contributed by atoms with E-state index in [4.69, 9.17) is 9.47 Å². The molecule has 4 heteroatoms. The van der Waals surface area contributed by atoms with Gasteiger partial charge in [-0.2, -0.15) is 0 Å². The molecule has 4 nitrogen and oxygen atoms in total. The minimum absolute atomic E-state index is 0.658. The first-order valence-electron chi connectivity index (χ1n) is 7.72. The number of rotatable bonds is 9. The zero-order chi connectivity index (χ0) is 14.5. The van der Waals surface area contributed by atoms with Crippen LogP contribution in [0.15, 0.2) is 30.5 Å². The number of nitrogens with zero attached hydrogens (tertiary/aromatic N) is 1. The number of hydrogen-bond donors (Lipinski definition) is 1. The van der Waals surface area contributed by atoms with Crippen LogP contribution in [0.25, 0.3) is 10.9 Å². The van der Waals surface area contributed by atoms with E-state index in [-0.39, 0.29) is 0 Å². The molecule has 1 N–H and O–H groups in total. The van der Waals surface area contributed by atoms with Crippen molar-refractivity contribution < 1.29 is 9.47 Å². The third-order valence-corrected chi connectivity index (χ3v) is 3.93. The molecule has 1 saturated carbocycles. The summed E-state index contributed by atoms with van der Waals surface area (Å²) in [6.45, 7) is 4.07. The Balaban J connectivity index is 1.57. The van der Waals surface area contributed by atoms with Gasteiger partial charge < -0.3 is 19.4 Å². The summed E-state index contributed by atoms with van der Waals surface area (Å²) in [4.78, 5) is 0. The van der Waals surface area contributed by atoms with Gasteiger partial charge in [-0.15, -0.1) is 0 Å². The number of nitrogens with one attached hydrogen (secondary N) is 1. The second-order valence-corrected chi connectivity index (χ2v) is 5.79. The van der Waals surface area contributed by atoms with Gasteiger partial charge >= 0.3 is 0 Å². The van der Waals surface area contributed by atoms with E-state index in [1.54, 1.807) is 7.11 Å². The van der Waals surface area contributed by atoms with Gasteiger partial charge in [-0.1, -0.05) is 6.07 Å². The number of fused-ring (bicyclic) bond motifs is 1. The highest BCUT2D eigenvalue weighted by Crippen LogP contribution is 2.29. The van der Waals surface area contributed by atoms with Crippen LogP contribution in [-0.2, 0) is 22.7 Å². The lowest BCUT2D eigenvalue weighted by atomic mass is 10.1. The fraction of sp³-hybridized carbons (Fsp3) is 0.529. The van der Waals surface area contributed by atoms with Crippen molar-refractivity contribution >= 4 is 10.9 Å². The van der Waals surface area contributed by atoms with E-state index in [0.29, 0.717) is 6.73 Å². The standard InChI is InChI=1S/C17H24N2O2/c1-20-9-7-18-11-15-4-5-17-16(10-15)6-8-19(17)13-21-12-14-2-3-14/h4-6,8,10,14,18H,2-3,7,9,11-13H2,1H3. The molecule has 0 unspecified atom stereocenters. The summed E-state index contributed by atoms with van der Waals surface area (Å²) in [5.41, 5.74) is 2.54. The Morgan fingerprint density at radius 3 is 3.00 bits per heavy atom. The SMILES string of the molecule is COCCNCc1ccc2c(ccn2COCC2CC2)c1. The van der Waals surface area contributed by atoms with E-state index in [1.807, 2.05) is 0 Å². The highest BCUT2D eigenvalue weighted by molar-refractivity contribution is 5.80. The Labute approximate surface area is 126 Å². The van der Waals surface area contributed by atoms with Crippen LogP contribution in [0, 0.1) is 5.92 Å². The van der Waals surface area contributed by atoms with E-state index >= 15 is 0 Å². The largest absolute Gasteiger partial charge is 0.383 e. The molecule has 114 valence electrons. The zero-order valence-electron chi connectivity index (χ0n) is 12.7. The second-order valence-electron chi connectivity index (χ2n) is 5.79. The van der Waals surface area contributed by atoms with Crippen LogP contribution in [0.5, 0.6) is 0 Å². The van der Waals surface area contributed by atoms with Crippen LogP contribution in [-0.4, -0.2) is 31.4 Å². The third kappa shape index (κ3) is 4.06. The summed E-state index contributed by atoms with van der Waals surface area (Å²) in [5.74, 6) is 0.816. The molecule has 2 aromatic rings. The van der Waals surface area contributed by atoms with Gasteiger partial charge in [-0.25, -0.2) is 0 Å². The first-order valence-corrected chi connectivity index (χ1v) is 7.72. The fourth-order valence-electron chi connectivity index (χ4n) is 2.48. The van der Waals surface area contributed by atoms with Crippen molar-refractivity contribution in [1.29, 1.82) is 0 Å². The maximum absolute atomic E-state index is 5.77. The van der Waals surface area contributed by atoms with E-state index in [2.05, 4.69) is 40.3 Å². The fourth-order valence-corrected chi connectivity index (χ4v) is 2.48. The Kier molecular flexibility index (Phi) is 4.91. The average Bonchev–Trinajstić information content (AvgIpc) is 3.24. The first kappa shape index (κ1) is 14.6. The first-order chi connectivity index (χ1) is 10.4. The van der Waals surface area contributed by atoms with E-state index < -0.39 is 0 Å². The third-order valence-electron chi connectivity index (χ3n) is 3.93. The van der Waals surface area contributed by atoms with Gasteiger partial charge in [0.05, 0.1) is 13.2 Å². The molecular formula is C17H24N2O2. The van der Waals surface area contributed by atoms with Crippen LogP contribution in [0.4, 0.5) is 0 Å². The van der Waals surface area contributed by atoms with Gasteiger partial charge in [0.1, 0.15) is 6.73 Å². The molecule has 1 fully saturated rings. The van der Waals surface area contributed by atoms with Crippen molar-refractivity contribution in [3.8, 4) is 0 Å². The average molecular weight is 288 g/mol. The molecule has 1 heterocycles. The van der Waals surface area contributed by atoms with Gasteiger partial charge in [-0.3, -0.25) is 0 Å². The van der Waals surface area contributed by atoms with Crippen LogP contribution in [0.1, 0.15) is 18.4 Å². The van der Waals surface area contributed by atoms with Gasteiger partial charge in [-0.05, 0) is 47.9 Å². The molecule has 1 aliphatic rings. The van der Waals surface area contributed by atoms with Gasteiger partial charge in [0.2, 0.25) is 0 Å². The molecule has 0 aliphatic heterocycles. The van der Waals surface area contributed by atoms with E-state index in [1.165, 1.54) is 29.3 Å². The van der Waals surface area contributed by atoms with Crippen molar-refractivity contribution in [3.05, 3.63) is 36.0 Å². The summed E-state index contributed by atoms with van der Waals surface area (Å²) in [5, 5.41) is 4.65. The maximum atomic E-state index is 5.77. The molecular weight excluding hydrogens is 264 g/mol. The van der Waals surface area contributed by atoms with Crippen molar-refractivity contribution in [2.75, 3.05) is 26.9 Å². The molecule has 1 aromatic heterocycles. The van der Waals surface area contributed by atoms with Crippen molar-refractivity contribution in [1.82, 2.24) is 9.88 Å². The van der Waals surface area contributed by atoms with E-state index in [0.717, 1.165) is 32.2 Å². The molecule has 0 radical (unpaired) electrons. The van der Waals surface area contributed by atoms with Crippen molar-refractivity contribution in [2.45, 2.75) is 26.1 Å². The minimum Gasteiger partial charge on any atom is -0.383 e. The Morgan fingerprint density at radius 2 is 2.19 bits per heavy atom. The lowest BCUT2D eigenvalue weighted by Crippen LogP contribution is -2.18. The van der Waals surface area contributed by atoms with Gasteiger partial charge in [0, 0.05) is 31.9 Å². The lowest BCUT2D eigenvalue weighted by molar-refractivity contribution is 0.0718. The monoisotopic (exact) mass is 288 g/mol. The zero-order valence-corrected chi connectivity index (χ0v) is 12.7. The topological polar surface area (TPSA) is 35.4 Å². The Hall–Kier alpha value is -1.36. The summed E-state index contributed by atoms with van der Waals surface area (Å²) in [6, 6.07) is 8.77. The molecule has 1 aromatic carbocycles. The molecule has 1 aliphatic carbocycles. The molecule has 0 saturated heterocycles. The van der Waals surface area contributed by atoms with Crippen molar-refractivity contribution in [2.24, 2.45) is 5.92 Å². The lowest BCUT2D eigenvalue weighted by Gasteiger charge is -2.08. The highest BCUT2D eigenvalue weighted by atomic mass is 16.5. The maximum Gasteiger partial charge on any atom is 0.122 e. The van der Waals surface area contributed by atoms with Crippen LogP contribution in [0.3, 0.4) is 0 Å². The highest BCUT2D eigenvalue weighted by Gasteiger charge is 2.21. The second kappa shape index (κ2) is 7.07. The number of methoxy groups -OCH3 is 1.